The molecule has 3 aliphatic rings. The number of amides is 1. The smallest absolute Gasteiger partial charge is 0.253 e. The monoisotopic (exact) mass is 379 g/mol. The molecule has 2 fully saturated rings. The molecular formula is C22H22ClN3O. The average Bonchev–Trinajstić information content (AvgIpc) is 3.32. The van der Waals surface area contributed by atoms with Crippen LogP contribution in [0, 0.1) is 11.8 Å². The normalized spacial score (nSPS) is 29.8. The zero-order valence-corrected chi connectivity index (χ0v) is 15.8. The minimum atomic E-state index is -0.584. The Morgan fingerprint density at radius 2 is 2.00 bits per heavy atom. The van der Waals surface area contributed by atoms with Crippen molar-refractivity contribution in [3.05, 3.63) is 70.7 Å². The lowest BCUT2D eigenvalue weighted by molar-refractivity contribution is -0.125. The van der Waals surface area contributed by atoms with E-state index in [-0.39, 0.29) is 11.8 Å². The highest BCUT2D eigenvalue weighted by atomic mass is 35.5. The molecule has 1 spiro atoms. The van der Waals surface area contributed by atoms with Crippen LogP contribution in [0.4, 0.5) is 0 Å². The molecule has 1 aliphatic carbocycles. The van der Waals surface area contributed by atoms with E-state index in [0.717, 1.165) is 48.9 Å². The summed E-state index contributed by atoms with van der Waals surface area (Å²) in [6, 6.07) is 18.0. The van der Waals surface area contributed by atoms with E-state index >= 15 is 0 Å². The number of halogens is 1. The molecule has 0 unspecified atom stereocenters. The summed E-state index contributed by atoms with van der Waals surface area (Å²) in [5.41, 5.74) is 1.62. The zero-order valence-electron chi connectivity index (χ0n) is 15.1. The number of hydrogen-bond acceptors (Lipinski definition) is 3. The number of carbonyl (C=O) groups excluding carboxylic acids is 1. The van der Waals surface area contributed by atoms with Gasteiger partial charge >= 0.3 is 0 Å². The van der Waals surface area contributed by atoms with Crippen LogP contribution in [0.15, 0.2) is 59.6 Å². The molecule has 1 N–H and O–H groups in total. The molecule has 5 heteroatoms. The molecule has 1 saturated carbocycles. The quantitative estimate of drug-likeness (QED) is 0.887. The number of fused-ring (bicyclic) bond motifs is 2. The van der Waals surface area contributed by atoms with Gasteiger partial charge in [0.25, 0.3) is 5.91 Å². The van der Waals surface area contributed by atoms with E-state index in [1.54, 1.807) is 0 Å². The Morgan fingerprint density at radius 3 is 2.81 bits per heavy atom. The summed E-state index contributed by atoms with van der Waals surface area (Å²) in [4.78, 5) is 20.4. The first kappa shape index (κ1) is 17.0. The van der Waals surface area contributed by atoms with E-state index in [2.05, 4.69) is 16.3 Å². The van der Waals surface area contributed by atoms with Crippen LogP contribution in [0.1, 0.15) is 24.0 Å². The second kappa shape index (κ2) is 6.47. The number of carbonyl (C=O) groups is 1. The molecule has 4 nitrogen and oxygen atoms in total. The highest BCUT2D eigenvalue weighted by Gasteiger charge is 2.59. The van der Waals surface area contributed by atoms with Crippen LogP contribution in [0.5, 0.6) is 0 Å². The molecule has 0 radical (unpaired) electrons. The fraction of sp³-hybridized carbons (Fsp3) is 0.364. The third-order valence-corrected chi connectivity index (χ3v) is 6.54. The summed E-state index contributed by atoms with van der Waals surface area (Å²) in [7, 11) is 0. The van der Waals surface area contributed by atoms with Gasteiger partial charge in [0.05, 0.1) is 0 Å². The number of benzene rings is 2. The Kier molecular flexibility index (Phi) is 4.06. The van der Waals surface area contributed by atoms with E-state index < -0.39 is 5.54 Å². The van der Waals surface area contributed by atoms with E-state index in [1.165, 1.54) is 5.56 Å². The topological polar surface area (TPSA) is 44.7 Å². The highest BCUT2D eigenvalue weighted by Crippen LogP contribution is 2.49. The van der Waals surface area contributed by atoms with Gasteiger partial charge in [-0.15, -0.1) is 0 Å². The van der Waals surface area contributed by atoms with E-state index in [0.29, 0.717) is 5.92 Å². The van der Waals surface area contributed by atoms with Crippen molar-refractivity contribution >= 4 is 23.3 Å². The second-order valence-corrected chi connectivity index (χ2v) is 8.37. The number of hydrogen-bond donors (Lipinski definition) is 1. The fourth-order valence-electron chi connectivity index (χ4n) is 5.06. The van der Waals surface area contributed by atoms with Crippen LogP contribution in [0.25, 0.3) is 0 Å². The van der Waals surface area contributed by atoms with Crippen molar-refractivity contribution in [3.63, 3.8) is 0 Å². The molecule has 0 bridgehead atoms. The van der Waals surface area contributed by atoms with Gasteiger partial charge in [-0.25, -0.2) is 0 Å². The molecule has 1 amide bonds. The van der Waals surface area contributed by atoms with E-state index in [9.17, 15) is 4.79 Å². The van der Waals surface area contributed by atoms with Crippen LogP contribution < -0.4 is 5.32 Å². The van der Waals surface area contributed by atoms with Gasteiger partial charge in [-0.2, -0.15) is 0 Å². The molecule has 5 rings (SSSR count). The van der Waals surface area contributed by atoms with E-state index in [1.807, 2.05) is 48.5 Å². The maximum Gasteiger partial charge on any atom is 0.253 e. The average molecular weight is 380 g/mol. The molecule has 2 aromatic rings. The molecule has 138 valence electrons. The van der Waals surface area contributed by atoms with Crippen LogP contribution in [0.2, 0.25) is 5.02 Å². The van der Waals surface area contributed by atoms with Crippen molar-refractivity contribution in [2.45, 2.75) is 24.9 Å². The minimum absolute atomic E-state index is 0.0819. The molecule has 2 aliphatic heterocycles. The van der Waals surface area contributed by atoms with Gasteiger partial charge in [-0.3, -0.25) is 14.7 Å². The van der Waals surface area contributed by atoms with E-state index in [4.69, 9.17) is 16.6 Å². The fourth-order valence-corrected chi connectivity index (χ4v) is 5.27. The van der Waals surface area contributed by atoms with Crippen molar-refractivity contribution in [1.29, 1.82) is 0 Å². The number of nitrogens with one attached hydrogen (secondary N) is 1. The van der Waals surface area contributed by atoms with Crippen molar-refractivity contribution in [2.24, 2.45) is 16.8 Å². The molecule has 0 aromatic heterocycles. The highest BCUT2D eigenvalue weighted by molar-refractivity contribution is 6.30. The molecular weight excluding hydrogens is 358 g/mol. The summed E-state index contributed by atoms with van der Waals surface area (Å²) >= 11 is 6.13. The molecule has 3 atom stereocenters. The largest absolute Gasteiger partial charge is 0.308 e. The predicted octanol–water partition coefficient (Wildman–Crippen LogP) is 3.50. The van der Waals surface area contributed by atoms with Crippen molar-refractivity contribution in [1.82, 2.24) is 10.2 Å². The van der Waals surface area contributed by atoms with Crippen LogP contribution in [-0.4, -0.2) is 35.3 Å². The Balaban J connectivity index is 1.38. The SMILES string of the molecule is O=C1NC(c2ccccc2)=N[C@@]12CC[C@@H]1CN(Cc3cccc(Cl)c3)C[C@@H]12. The van der Waals surface area contributed by atoms with Gasteiger partial charge in [-0.05, 0) is 36.5 Å². The standard InChI is InChI=1S/C22H22ClN3O/c23-18-8-4-5-15(11-18)12-26-13-17-9-10-22(19(17)14-26)21(27)24-20(25-22)16-6-2-1-3-7-16/h1-8,11,17,19H,9-10,12-14H2,(H,24,25,27)/t17-,19+,22-/m1/s1. The number of amidine groups is 1. The van der Waals surface area contributed by atoms with Gasteiger partial charge in [0.1, 0.15) is 11.4 Å². The number of likely N-dealkylation sites (tertiary alicyclic amines) is 1. The lowest BCUT2D eigenvalue weighted by Crippen LogP contribution is -2.44. The summed E-state index contributed by atoms with van der Waals surface area (Å²) in [6.45, 7) is 2.82. The maximum absolute atomic E-state index is 13.0. The first-order chi connectivity index (χ1) is 13.1. The zero-order chi connectivity index (χ0) is 18.4. The second-order valence-electron chi connectivity index (χ2n) is 7.93. The minimum Gasteiger partial charge on any atom is -0.308 e. The van der Waals surface area contributed by atoms with Crippen molar-refractivity contribution in [2.75, 3.05) is 13.1 Å². The Bertz CT molecular complexity index is 913. The van der Waals surface area contributed by atoms with Gasteiger partial charge in [0.15, 0.2) is 0 Å². The number of rotatable bonds is 3. The summed E-state index contributed by atoms with van der Waals surface area (Å²) < 4.78 is 0. The predicted molar refractivity (Wildman–Crippen MR) is 107 cm³/mol. The Morgan fingerprint density at radius 1 is 1.15 bits per heavy atom. The summed E-state index contributed by atoms with van der Waals surface area (Å²) in [5.74, 6) is 1.64. The third-order valence-electron chi connectivity index (χ3n) is 6.31. The first-order valence-corrected chi connectivity index (χ1v) is 9.95. The molecule has 2 aromatic carbocycles. The third kappa shape index (κ3) is 2.88. The number of nitrogens with zero attached hydrogens (tertiary/aromatic N) is 2. The Hall–Kier alpha value is -2.17. The molecule has 27 heavy (non-hydrogen) atoms. The van der Waals surface area contributed by atoms with Crippen LogP contribution in [0.3, 0.4) is 0 Å². The lowest BCUT2D eigenvalue weighted by Gasteiger charge is -2.25. The first-order valence-electron chi connectivity index (χ1n) is 9.57. The van der Waals surface area contributed by atoms with Crippen molar-refractivity contribution in [3.8, 4) is 0 Å². The summed E-state index contributed by atoms with van der Waals surface area (Å²) in [6.07, 6.45) is 1.92. The number of aliphatic imine (C=N–C) groups is 1. The maximum atomic E-state index is 13.0. The van der Waals surface area contributed by atoms with Gasteiger partial charge in [0.2, 0.25) is 0 Å². The summed E-state index contributed by atoms with van der Waals surface area (Å²) in [5, 5.41) is 3.84. The van der Waals surface area contributed by atoms with Crippen LogP contribution in [-0.2, 0) is 11.3 Å². The molecule has 1 saturated heterocycles. The lowest BCUT2D eigenvalue weighted by atomic mass is 9.85. The molecule has 2 heterocycles. The van der Waals surface area contributed by atoms with Crippen LogP contribution >= 0.6 is 11.6 Å². The van der Waals surface area contributed by atoms with Gasteiger partial charge in [0, 0.05) is 36.1 Å². The van der Waals surface area contributed by atoms with Gasteiger partial charge in [-0.1, -0.05) is 54.1 Å². The van der Waals surface area contributed by atoms with Crippen molar-refractivity contribution < 1.29 is 4.79 Å². The Labute approximate surface area is 164 Å². The van der Waals surface area contributed by atoms with Gasteiger partial charge < -0.3 is 5.32 Å².